The number of hydrogen-bond acceptors (Lipinski definition) is 6. The van der Waals surface area contributed by atoms with E-state index in [-0.39, 0.29) is 11.8 Å². The van der Waals surface area contributed by atoms with Gasteiger partial charge in [0, 0.05) is 5.56 Å². The van der Waals surface area contributed by atoms with Crippen LogP contribution in [0.3, 0.4) is 0 Å². The largest absolute Gasteiger partial charge is 0.391 e. The summed E-state index contributed by atoms with van der Waals surface area (Å²) in [6.07, 6.45) is 2.73. The highest BCUT2D eigenvalue weighted by Crippen LogP contribution is 2.28. The fourth-order valence-corrected chi connectivity index (χ4v) is 1.95. The molecule has 0 unspecified atom stereocenters. The van der Waals surface area contributed by atoms with Gasteiger partial charge in [-0.2, -0.15) is 5.10 Å². The maximum Gasteiger partial charge on any atom is 0.189 e. The topological polar surface area (TPSA) is 87.6 Å². The van der Waals surface area contributed by atoms with Gasteiger partial charge in [-0.25, -0.2) is 15.0 Å². The molecule has 0 bridgehead atoms. The van der Waals surface area contributed by atoms with Gasteiger partial charge < -0.3 is 5.11 Å². The first kappa shape index (κ1) is 10.3. The summed E-state index contributed by atoms with van der Waals surface area (Å²) >= 11 is 7.03. The van der Waals surface area contributed by atoms with Gasteiger partial charge in [0.25, 0.3) is 0 Å². The molecule has 0 aromatic carbocycles. The van der Waals surface area contributed by atoms with Crippen molar-refractivity contribution in [2.24, 2.45) is 0 Å². The second kappa shape index (κ2) is 4.56. The average Bonchev–Trinajstić information content (AvgIpc) is 2.71. The van der Waals surface area contributed by atoms with Crippen molar-refractivity contribution in [1.82, 2.24) is 25.1 Å². The number of nitrogens with zero attached hydrogens (tertiary/aromatic N) is 4. The van der Waals surface area contributed by atoms with Crippen molar-refractivity contribution in [3.05, 3.63) is 23.4 Å². The first-order valence-corrected chi connectivity index (χ1v) is 5.14. The van der Waals surface area contributed by atoms with Crippen LogP contribution in [-0.2, 0) is 6.61 Å². The minimum Gasteiger partial charge on any atom is -0.391 e. The molecule has 0 spiro atoms. The van der Waals surface area contributed by atoms with Gasteiger partial charge in [0.15, 0.2) is 5.16 Å². The summed E-state index contributed by atoms with van der Waals surface area (Å²) in [5, 5.41) is 16.9. The Morgan fingerprint density at radius 2 is 2.20 bits per heavy atom. The zero-order valence-electron chi connectivity index (χ0n) is 7.38. The Kier molecular flexibility index (Phi) is 3.14. The molecule has 2 aromatic heterocycles. The highest BCUT2D eigenvalue weighted by molar-refractivity contribution is 7.99. The summed E-state index contributed by atoms with van der Waals surface area (Å²) < 4.78 is 0. The summed E-state index contributed by atoms with van der Waals surface area (Å²) in [5.41, 5.74) is 0.487. The molecule has 0 saturated heterocycles. The summed E-state index contributed by atoms with van der Waals surface area (Å²) in [4.78, 5) is 11.7. The smallest absolute Gasteiger partial charge is 0.189 e. The predicted molar refractivity (Wildman–Crippen MR) is 53.5 cm³/mol. The van der Waals surface area contributed by atoms with Gasteiger partial charge in [0.1, 0.15) is 22.8 Å². The molecular weight excluding hydrogens is 238 g/mol. The Morgan fingerprint density at radius 1 is 1.33 bits per heavy atom. The normalized spacial score (nSPS) is 10.5. The highest BCUT2D eigenvalue weighted by atomic mass is 35.5. The van der Waals surface area contributed by atoms with E-state index in [9.17, 15) is 0 Å². The number of aliphatic hydroxyl groups is 1. The van der Waals surface area contributed by atoms with E-state index < -0.39 is 0 Å². The van der Waals surface area contributed by atoms with Crippen LogP contribution in [0, 0.1) is 0 Å². The summed E-state index contributed by atoms with van der Waals surface area (Å²) in [6, 6.07) is 0. The highest BCUT2D eigenvalue weighted by Gasteiger charge is 2.11. The number of aromatic amines is 1. The Balaban J connectivity index is 2.32. The minimum absolute atomic E-state index is 0.212. The van der Waals surface area contributed by atoms with E-state index >= 15 is 0 Å². The van der Waals surface area contributed by atoms with Crippen molar-refractivity contribution in [3.8, 4) is 0 Å². The third-order valence-corrected chi connectivity index (χ3v) is 2.86. The lowest BCUT2D eigenvalue weighted by atomic mass is 10.4. The van der Waals surface area contributed by atoms with Crippen molar-refractivity contribution in [1.29, 1.82) is 0 Å². The van der Waals surface area contributed by atoms with Crippen LogP contribution in [0.1, 0.15) is 5.56 Å². The second-order valence-corrected chi connectivity index (χ2v) is 3.83. The monoisotopic (exact) mass is 243 g/mol. The van der Waals surface area contributed by atoms with Crippen LogP contribution in [-0.4, -0.2) is 30.3 Å². The quantitative estimate of drug-likeness (QED) is 0.779. The van der Waals surface area contributed by atoms with Gasteiger partial charge in [0.2, 0.25) is 0 Å². The van der Waals surface area contributed by atoms with E-state index in [0.29, 0.717) is 15.7 Å². The zero-order chi connectivity index (χ0) is 10.7. The fraction of sp³-hybridized carbons (Fsp3) is 0.143. The standard InChI is InChI=1S/C7H6ClN5OS/c8-5-4(1-14)6(10-2-9-5)15-7-11-3-12-13-7/h2-3,14H,1H2,(H,11,12,13). The molecule has 2 N–H and O–H groups in total. The van der Waals surface area contributed by atoms with E-state index in [2.05, 4.69) is 25.1 Å². The molecule has 78 valence electrons. The molecule has 0 saturated carbocycles. The second-order valence-electron chi connectivity index (χ2n) is 2.50. The lowest BCUT2D eigenvalue weighted by Gasteiger charge is -2.04. The molecular formula is C7H6ClN5OS. The lowest BCUT2D eigenvalue weighted by molar-refractivity contribution is 0.277. The number of rotatable bonds is 3. The third-order valence-electron chi connectivity index (χ3n) is 1.60. The molecule has 0 atom stereocenters. The number of hydrogen-bond donors (Lipinski definition) is 2. The van der Waals surface area contributed by atoms with Crippen LogP contribution in [0.4, 0.5) is 0 Å². The summed E-state index contributed by atoms with van der Waals surface area (Å²) in [6.45, 7) is -0.212. The molecule has 0 radical (unpaired) electrons. The number of H-pyrrole nitrogens is 1. The number of aliphatic hydroxyl groups excluding tert-OH is 1. The van der Waals surface area contributed by atoms with Gasteiger partial charge in [-0.3, -0.25) is 5.10 Å². The number of aromatic nitrogens is 5. The van der Waals surface area contributed by atoms with Crippen LogP contribution in [0.25, 0.3) is 0 Å². The Bertz CT molecular complexity index is 449. The molecule has 0 aliphatic rings. The SMILES string of the molecule is OCc1c(Cl)ncnc1Sc1ncn[nH]1. The third kappa shape index (κ3) is 2.25. The molecule has 2 heterocycles. The van der Waals surface area contributed by atoms with Gasteiger partial charge in [-0.15, -0.1) is 0 Å². The molecule has 0 aliphatic heterocycles. The van der Waals surface area contributed by atoms with Crippen molar-refractivity contribution in [2.45, 2.75) is 16.8 Å². The van der Waals surface area contributed by atoms with E-state index in [4.69, 9.17) is 16.7 Å². The van der Waals surface area contributed by atoms with E-state index in [1.807, 2.05) is 0 Å². The molecule has 8 heteroatoms. The van der Waals surface area contributed by atoms with Gasteiger partial charge in [-0.1, -0.05) is 11.6 Å². The molecule has 0 fully saturated rings. The van der Waals surface area contributed by atoms with Crippen LogP contribution in [0.5, 0.6) is 0 Å². The van der Waals surface area contributed by atoms with Gasteiger partial charge >= 0.3 is 0 Å². The number of nitrogens with one attached hydrogen (secondary N) is 1. The Morgan fingerprint density at radius 3 is 2.87 bits per heavy atom. The fourth-order valence-electron chi connectivity index (χ4n) is 0.932. The zero-order valence-corrected chi connectivity index (χ0v) is 8.96. The van der Waals surface area contributed by atoms with E-state index in [1.54, 1.807) is 0 Å². The first-order valence-electron chi connectivity index (χ1n) is 3.94. The van der Waals surface area contributed by atoms with Gasteiger partial charge in [0.05, 0.1) is 6.61 Å². The van der Waals surface area contributed by atoms with Crippen LogP contribution < -0.4 is 0 Å². The van der Waals surface area contributed by atoms with Crippen LogP contribution in [0.15, 0.2) is 22.8 Å². The molecule has 6 nitrogen and oxygen atoms in total. The summed E-state index contributed by atoms with van der Waals surface area (Å²) in [7, 11) is 0. The van der Waals surface area contributed by atoms with Crippen molar-refractivity contribution in [3.63, 3.8) is 0 Å². The Labute approximate surface area is 94.1 Å². The maximum absolute atomic E-state index is 9.10. The minimum atomic E-state index is -0.212. The predicted octanol–water partition coefficient (Wildman–Crippen LogP) is 0.892. The first-order chi connectivity index (χ1) is 7.31. The van der Waals surface area contributed by atoms with Crippen LogP contribution >= 0.6 is 23.4 Å². The lowest BCUT2D eigenvalue weighted by Crippen LogP contribution is -1.95. The molecule has 2 rings (SSSR count). The Hall–Kier alpha value is -1.18. The van der Waals surface area contributed by atoms with Gasteiger partial charge in [-0.05, 0) is 11.8 Å². The summed E-state index contributed by atoms with van der Waals surface area (Å²) in [5.74, 6) is 0. The average molecular weight is 244 g/mol. The molecule has 0 amide bonds. The van der Waals surface area contributed by atoms with Crippen molar-refractivity contribution in [2.75, 3.05) is 0 Å². The molecule has 15 heavy (non-hydrogen) atoms. The van der Waals surface area contributed by atoms with E-state index in [0.717, 1.165) is 0 Å². The number of halogens is 1. The van der Waals surface area contributed by atoms with Crippen molar-refractivity contribution < 1.29 is 5.11 Å². The molecule has 2 aromatic rings. The maximum atomic E-state index is 9.10. The van der Waals surface area contributed by atoms with Crippen molar-refractivity contribution >= 4 is 23.4 Å². The van der Waals surface area contributed by atoms with Crippen LogP contribution in [0.2, 0.25) is 5.15 Å². The van der Waals surface area contributed by atoms with E-state index in [1.165, 1.54) is 24.4 Å². The molecule has 0 aliphatic carbocycles.